The predicted octanol–water partition coefficient (Wildman–Crippen LogP) is 5.04. The highest BCUT2D eigenvalue weighted by Gasteiger charge is 2.13. The van der Waals surface area contributed by atoms with Gasteiger partial charge in [0.15, 0.2) is 0 Å². The Hall–Kier alpha value is -1.38. The minimum Gasteiger partial charge on any atom is -0.313 e. The highest BCUT2D eigenvalue weighted by Crippen LogP contribution is 2.33. The van der Waals surface area contributed by atoms with E-state index in [0.717, 1.165) is 22.3 Å². The third-order valence-corrected chi connectivity index (χ3v) is 4.11. The van der Waals surface area contributed by atoms with Gasteiger partial charge in [0.05, 0.1) is 0 Å². The first-order chi connectivity index (χ1) is 9.43. The fourth-order valence-electron chi connectivity index (χ4n) is 2.17. The Morgan fingerprint density at radius 2 is 1.70 bits per heavy atom. The van der Waals surface area contributed by atoms with E-state index in [1.807, 2.05) is 46.0 Å². The van der Waals surface area contributed by atoms with Gasteiger partial charge in [0.2, 0.25) is 0 Å². The zero-order valence-electron chi connectivity index (χ0n) is 12.2. The maximum absolute atomic E-state index is 14.2. The average Bonchev–Trinajstić information content (AvgIpc) is 2.43. The van der Waals surface area contributed by atoms with Gasteiger partial charge in [-0.05, 0) is 68.8 Å². The van der Waals surface area contributed by atoms with Crippen LogP contribution in [0.1, 0.15) is 29.7 Å². The molecule has 0 bridgehead atoms. The third-order valence-electron chi connectivity index (χ3n) is 3.80. The van der Waals surface area contributed by atoms with E-state index >= 15 is 0 Å². The second-order valence-corrected chi connectivity index (χ2v) is 5.57. The van der Waals surface area contributed by atoms with Gasteiger partial charge in [-0.1, -0.05) is 17.7 Å². The third kappa shape index (κ3) is 2.87. The second-order valence-electron chi connectivity index (χ2n) is 5.17. The highest BCUT2D eigenvalue weighted by molar-refractivity contribution is 6.33. The number of halogens is 2. The Morgan fingerprint density at radius 3 is 2.35 bits per heavy atom. The van der Waals surface area contributed by atoms with Crippen LogP contribution in [0.3, 0.4) is 0 Å². The summed E-state index contributed by atoms with van der Waals surface area (Å²) in [5.41, 5.74) is 4.56. The molecule has 0 heterocycles. The Balaban J connectivity index is 2.60. The minimum absolute atomic E-state index is 0.166. The predicted molar refractivity (Wildman–Crippen MR) is 83.8 cm³/mol. The summed E-state index contributed by atoms with van der Waals surface area (Å²) >= 11 is 6.29. The summed E-state index contributed by atoms with van der Waals surface area (Å²) in [4.78, 5) is 0. The molecular formula is C17H19ClFN. The average molecular weight is 292 g/mol. The SMILES string of the molecule is CNC(C)c1ccc(F)c(-c2cc(C)c(C)cc2Cl)c1. The zero-order valence-corrected chi connectivity index (χ0v) is 13.0. The summed E-state index contributed by atoms with van der Waals surface area (Å²) in [6.45, 7) is 6.05. The van der Waals surface area contributed by atoms with Gasteiger partial charge >= 0.3 is 0 Å². The lowest BCUT2D eigenvalue weighted by Gasteiger charge is -2.14. The van der Waals surface area contributed by atoms with Gasteiger partial charge in [-0.2, -0.15) is 0 Å². The normalized spacial score (nSPS) is 12.5. The Morgan fingerprint density at radius 1 is 1.05 bits per heavy atom. The van der Waals surface area contributed by atoms with E-state index in [0.29, 0.717) is 10.6 Å². The maximum atomic E-state index is 14.2. The van der Waals surface area contributed by atoms with Crippen molar-refractivity contribution in [2.24, 2.45) is 0 Å². The molecule has 1 atom stereocenters. The first kappa shape index (κ1) is 15.0. The molecule has 0 fully saturated rings. The van der Waals surface area contributed by atoms with Crippen LogP contribution in [0.15, 0.2) is 30.3 Å². The second kappa shape index (κ2) is 5.94. The topological polar surface area (TPSA) is 12.0 Å². The fourth-order valence-corrected chi connectivity index (χ4v) is 2.49. The molecule has 0 saturated heterocycles. The molecule has 20 heavy (non-hydrogen) atoms. The molecule has 2 rings (SSSR count). The lowest BCUT2D eigenvalue weighted by molar-refractivity contribution is 0.622. The molecule has 0 saturated carbocycles. The van der Waals surface area contributed by atoms with E-state index < -0.39 is 0 Å². The van der Waals surface area contributed by atoms with Crippen LogP contribution in [0.5, 0.6) is 0 Å². The fraction of sp³-hybridized carbons (Fsp3) is 0.294. The summed E-state index contributed by atoms with van der Waals surface area (Å²) in [5.74, 6) is -0.248. The van der Waals surface area contributed by atoms with Crippen molar-refractivity contribution in [1.29, 1.82) is 0 Å². The summed E-state index contributed by atoms with van der Waals surface area (Å²) in [6.07, 6.45) is 0. The molecule has 1 N–H and O–H groups in total. The smallest absolute Gasteiger partial charge is 0.131 e. The number of nitrogens with one attached hydrogen (secondary N) is 1. The van der Waals surface area contributed by atoms with Crippen molar-refractivity contribution in [3.05, 3.63) is 57.9 Å². The van der Waals surface area contributed by atoms with Crippen molar-refractivity contribution in [2.75, 3.05) is 7.05 Å². The van der Waals surface area contributed by atoms with Crippen molar-refractivity contribution in [1.82, 2.24) is 5.32 Å². The summed E-state index contributed by atoms with van der Waals surface area (Å²) in [6, 6.07) is 9.18. The van der Waals surface area contributed by atoms with E-state index in [1.165, 1.54) is 6.07 Å². The van der Waals surface area contributed by atoms with Gasteiger partial charge in [0.25, 0.3) is 0 Å². The monoisotopic (exact) mass is 291 g/mol. The summed E-state index contributed by atoms with van der Waals surface area (Å²) < 4.78 is 14.2. The molecule has 2 aromatic carbocycles. The van der Waals surface area contributed by atoms with E-state index in [1.54, 1.807) is 6.07 Å². The van der Waals surface area contributed by atoms with Gasteiger partial charge in [-0.15, -0.1) is 0 Å². The lowest BCUT2D eigenvalue weighted by Crippen LogP contribution is -2.12. The molecule has 106 valence electrons. The molecular weight excluding hydrogens is 273 g/mol. The molecule has 0 aliphatic heterocycles. The summed E-state index contributed by atoms with van der Waals surface area (Å²) in [7, 11) is 1.89. The Kier molecular flexibility index (Phi) is 4.46. The molecule has 3 heteroatoms. The van der Waals surface area contributed by atoms with Gasteiger partial charge < -0.3 is 5.32 Å². The van der Waals surface area contributed by atoms with Crippen LogP contribution in [0, 0.1) is 19.7 Å². The van der Waals surface area contributed by atoms with E-state index in [9.17, 15) is 4.39 Å². The largest absolute Gasteiger partial charge is 0.313 e. The summed E-state index contributed by atoms with van der Waals surface area (Å²) in [5, 5.41) is 3.74. The van der Waals surface area contributed by atoms with Crippen LogP contribution in [0.25, 0.3) is 11.1 Å². The van der Waals surface area contributed by atoms with Crippen molar-refractivity contribution < 1.29 is 4.39 Å². The van der Waals surface area contributed by atoms with Gasteiger partial charge in [-0.25, -0.2) is 4.39 Å². The molecule has 0 aliphatic rings. The van der Waals surface area contributed by atoms with Crippen LogP contribution >= 0.6 is 11.6 Å². The van der Waals surface area contributed by atoms with Gasteiger partial charge in [0, 0.05) is 22.2 Å². The molecule has 1 unspecified atom stereocenters. The number of aryl methyl sites for hydroxylation is 2. The Labute approximate surface area is 124 Å². The van der Waals surface area contributed by atoms with Gasteiger partial charge in [0.1, 0.15) is 5.82 Å². The Bertz CT molecular complexity index is 637. The molecule has 1 nitrogen and oxygen atoms in total. The van der Waals surface area contributed by atoms with Crippen LogP contribution in [0.4, 0.5) is 4.39 Å². The first-order valence-electron chi connectivity index (χ1n) is 6.68. The number of hydrogen-bond donors (Lipinski definition) is 1. The van der Waals surface area contributed by atoms with E-state index in [-0.39, 0.29) is 11.9 Å². The molecule has 0 aromatic heterocycles. The standard InChI is InChI=1S/C17H19ClFN/c1-10-7-14(16(18)8-11(10)2)15-9-13(12(3)20-4)5-6-17(15)19/h5-9,12,20H,1-4H3. The molecule has 0 radical (unpaired) electrons. The van der Waals surface area contributed by atoms with Crippen molar-refractivity contribution in [3.8, 4) is 11.1 Å². The lowest BCUT2D eigenvalue weighted by atomic mass is 9.97. The van der Waals surface area contributed by atoms with E-state index in [2.05, 4.69) is 5.32 Å². The molecule has 0 aliphatic carbocycles. The van der Waals surface area contributed by atoms with Crippen LogP contribution in [-0.2, 0) is 0 Å². The van der Waals surface area contributed by atoms with Crippen molar-refractivity contribution in [3.63, 3.8) is 0 Å². The quantitative estimate of drug-likeness (QED) is 0.835. The maximum Gasteiger partial charge on any atom is 0.131 e. The minimum atomic E-state index is -0.248. The first-order valence-corrected chi connectivity index (χ1v) is 7.05. The van der Waals surface area contributed by atoms with Gasteiger partial charge in [-0.3, -0.25) is 0 Å². The number of hydrogen-bond acceptors (Lipinski definition) is 1. The van der Waals surface area contributed by atoms with Crippen LogP contribution < -0.4 is 5.32 Å². The van der Waals surface area contributed by atoms with E-state index in [4.69, 9.17) is 11.6 Å². The van der Waals surface area contributed by atoms with Crippen LogP contribution in [-0.4, -0.2) is 7.05 Å². The molecule has 0 amide bonds. The van der Waals surface area contributed by atoms with Crippen molar-refractivity contribution >= 4 is 11.6 Å². The van der Waals surface area contributed by atoms with Crippen molar-refractivity contribution in [2.45, 2.75) is 26.8 Å². The number of benzene rings is 2. The number of rotatable bonds is 3. The van der Waals surface area contributed by atoms with Crippen LogP contribution in [0.2, 0.25) is 5.02 Å². The molecule has 0 spiro atoms. The highest BCUT2D eigenvalue weighted by atomic mass is 35.5. The molecule has 2 aromatic rings. The zero-order chi connectivity index (χ0) is 14.9.